The number of benzene rings is 2. The molecule has 1 atom stereocenters. The number of carbonyl (C=O) groups is 2. The third kappa shape index (κ3) is 2.85. The number of aliphatic hydroxyl groups excluding tert-OH is 1. The van der Waals surface area contributed by atoms with Gasteiger partial charge in [0.1, 0.15) is 11.6 Å². The highest BCUT2D eigenvalue weighted by molar-refractivity contribution is 6.51. The van der Waals surface area contributed by atoms with Crippen molar-refractivity contribution in [3.05, 3.63) is 102 Å². The first-order valence-corrected chi connectivity index (χ1v) is 8.60. The van der Waals surface area contributed by atoms with Gasteiger partial charge in [-0.1, -0.05) is 48.5 Å². The average Bonchev–Trinajstić information content (AvgIpc) is 3.00. The van der Waals surface area contributed by atoms with Crippen molar-refractivity contribution in [2.24, 2.45) is 0 Å². The molecule has 4 rings (SSSR count). The average molecular weight is 374 g/mol. The van der Waals surface area contributed by atoms with Crippen LogP contribution in [0, 0.1) is 5.82 Å². The fourth-order valence-corrected chi connectivity index (χ4v) is 3.34. The second-order valence-electron chi connectivity index (χ2n) is 6.27. The van der Waals surface area contributed by atoms with Crippen LogP contribution in [0.15, 0.2) is 84.7 Å². The Kier molecular flexibility index (Phi) is 4.45. The number of halogens is 1. The second-order valence-corrected chi connectivity index (χ2v) is 6.27. The molecule has 1 aliphatic rings. The summed E-state index contributed by atoms with van der Waals surface area (Å²) in [5.74, 6) is -2.65. The van der Waals surface area contributed by atoms with Crippen LogP contribution in [0.5, 0.6) is 0 Å². The maximum atomic E-state index is 14.7. The molecule has 0 aliphatic carbocycles. The van der Waals surface area contributed by atoms with Crippen LogP contribution in [0.25, 0.3) is 5.76 Å². The Labute approximate surface area is 160 Å². The van der Waals surface area contributed by atoms with Gasteiger partial charge in [0.15, 0.2) is 0 Å². The molecule has 0 saturated carbocycles. The van der Waals surface area contributed by atoms with Gasteiger partial charge >= 0.3 is 0 Å². The fraction of sp³-hybridized carbons (Fsp3) is 0.0455. The number of aromatic nitrogens is 1. The van der Waals surface area contributed by atoms with Crippen molar-refractivity contribution in [1.29, 1.82) is 0 Å². The minimum absolute atomic E-state index is 0.114. The van der Waals surface area contributed by atoms with E-state index < -0.39 is 23.5 Å². The SMILES string of the molecule is O=C1C(=O)N(c2cccnc2)[C@@H](c2ccccc2F)C1=C(O)c1ccccc1. The van der Waals surface area contributed by atoms with Crippen molar-refractivity contribution in [2.75, 3.05) is 4.90 Å². The molecule has 2 aromatic carbocycles. The van der Waals surface area contributed by atoms with E-state index in [2.05, 4.69) is 4.98 Å². The first-order chi connectivity index (χ1) is 13.6. The molecular weight excluding hydrogens is 359 g/mol. The number of ketones is 1. The van der Waals surface area contributed by atoms with Crippen molar-refractivity contribution in [3.63, 3.8) is 0 Å². The fourth-order valence-electron chi connectivity index (χ4n) is 3.34. The Morgan fingerprint density at radius 1 is 0.964 bits per heavy atom. The van der Waals surface area contributed by atoms with E-state index in [0.29, 0.717) is 11.3 Å². The number of amides is 1. The number of rotatable bonds is 3. The smallest absolute Gasteiger partial charge is 0.300 e. The molecule has 1 aromatic heterocycles. The summed E-state index contributed by atoms with van der Waals surface area (Å²) < 4.78 is 14.7. The summed E-state index contributed by atoms with van der Waals surface area (Å²) in [5.41, 5.74) is 0.658. The molecule has 3 aromatic rings. The van der Waals surface area contributed by atoms with Gasteiger partial charge in [0.05, 0.1) is 23.5 Å². The maximum absolute atomic E-state index is 14.7. The van der Waals surface area contributed by atoms with Crippen molar-refractivity contribution in [2.45, 2.75) is 6.04 Å². The number of hydrogen-bond donors (Lipinski definition) is 1. The highest BCUT2D eigenvalue weighted by atomic mass is 19.1. The van der Waals surface area contributed by atoms with E-state index in [0.717, 1.165) is 0 Å². The normalized spacial score (nSPS) is 18.5. The molecule has 0 bridgehead atoms. The van der Waals surface area contributed by atoms with Crippen LogP contribution in [0.3, 0.4) is 0 Å². The molecule has 28 heavy (non-hydrogen) atoms. The molecule has 1 fully saturated rings. The minimum atomic E-state index is -1.11. The zero-order valence-electron chi connectivity index (χ0n) is 14.6. The molecule has 0 radical (unpaired) electrons. The molecule has 1 aliphatic heterocycles. The summed E-state index contributed by atoms with van der Waals surface area (Å²) in [5, 5.41) is 10.8. The Morgan fingerprint density at radius 3 is 2.36 bits per heavy atom. The van der Waals surface area contributed by atoms with Crippen LogP contribution in [0.4, 0.5) is 10.1 Å². The molecule has 6 heteroatoms. The van der Waals surface area contributed by atoms with Crippen molar-refractivity contribution < 1.29 is 19.1 Å². The molecule has 2 heterocycles. The van der Waals surface area contributed by atoms with E-state index in [4.69, 9.17) is 0 Å². The molecule has 5 nitrogen and oxygen atoms in total. The summed E-state index contributed by atoms with van der Waals surface area (Å²) >= 11 is 0. The summed E-state index contributed by atoms with van der Waals surface area (Å²) in [6.07, 6.45) is 2.95. The zero-order chi connectivity index (χ0) is 19.7. The molecular formula is C22H15FN2O3. The van der Waals surface area contributed by atoms with Crippen LogP contribution in [-0.4, -0.2) is 21.8 Å². The van der Waals surface area contributed by atoms with Gasteiger partial charge in [-0.05, 0) is 18.2 Å². The lowest BCUT2D eigenvalue weighted by Gasteiger charge is -2.25. The minimum Gasteiger partial charge on any atom is -0.507 e. The summed E-state index contributed by atoms with van der Waals surface area (Å²) in [6, 6.07) is 16.4. The van der Waals surface area contributed by atoms with E-state index in [9.17, 15) is 19.1 Å². The predicted octanol–water partition coefficient (Wildman–Crippen LogP) is 3.85. The monoisotopic (exact) mass is 374 g/mol. The zero-order valence-corrected chi connectivity index (χ0v) is 14.6. The van der Waals surface area contributed by atoms with E-state index in [1.807, 2.05) is 0 Å². The lowest BCUT2D eigenvalue weighted by molar-refractivity contribution is -0.132. The van der Waals surface area contributed by atoms with E-state index in [-0.39, 0.29) is 16.9 Å². The van der Waals surface area contributed by atoms with Crippen LogP contribution >= 0.6 is 0 Å². The Balaban J connectivity index is 1.98. The number of anilines is 1. The molecule has 0 spiro atoms. The Morgan fingerprint density at radius 2 is 1.68 bits per heavy atom. The second kappa shape index (κ2) is 7.08. The Bertz CT molecular complexity index is 1080. The number of nitrogens with zero attached hydrogens (tertiary/aromatic N) is 2. The van der Waals surface area contributed by atoms with Gasteiger partial charge in [0.2, 0.25) is 0 Å². The van der Waals surface area contributed by atoms with Crippen LogP contribution in [-0.2, 0) is 9.59 Å². The third-order valence-electron chi connectivity index (χ3n) is 4.62. The molecule has 138 valence electrons. The van der Waals surface area contributed by atoms with Crippen molar-refractivity contribution >= 4 is 23.1 Å². The molecule has 1 amide bonds. The summed E-state index contributed by atoms with van der Waals surface area (Å²) in [7, 11) is 0. The van der Waals surface area contributed by atoms with Crippen LogP contribution in [0.1, 0.15) is 17.2 Å². The van der Waals surface area contributed by atoms with Crippen molar-refractivity contribution in [1.82, 2.24) is 4.98 Å². The van der Waals surface area contributed by atoms with Gasteiger partial charge in [0, 0.05) is 17.3 Å². The van der Waals surface area contributed by atoms with Crippen molar-refractivity contribution in [3.8, 4) is 0 Å². The van der Waals surface area contributed by atoms with Gasteiger partial charge < -0.3 is 5.11 Å². The third-order valence-corrected chi connectivity index (χ3v) is 4.62. The maximum Gasteiger partial charge on any atom is 0.300 e. The van der Waals surface area contributed by atoms with Gasteiger partial charge in [-0.15, -0.1) is 0 Å². The lowest BCUT2D eigenvalue weighted by Crippen LogP contribution is -2.29. The lowest BCUT2D eigenvalue weighted by atomic mass is 9.95. The molecule has 0 unspecified atom stereocenters. The largest absolute Gasteiger partial charge is 0.507 e. The van der Waals surface area contributed by atoms with E-state index in [1.165, 1.54) is 35.5 Å². The standard InChI is InChI=1S/C22H15FN2O3/c23-17-11-5-4-10-16(17)19-18(20(26)14-7-2-1-3-8-14)21(27)22(28)25(19)15-9-6-12-24-13-15/h1-13,19,26H/t19-/m0/s1. The molecule has 1 saturated heterocycles. The highest BCUT2D eigenvalue weighted by Gasteiger charge is 2.47. The van der Waals surface area contributed by atoms with Gasteiger partial charge in [-0.25, -0.2) is 4.39 Å². The first-order valence-electron chi connectivity index (χ1n) is 8.60. The number of carbonyl (C=O) groups excluding carboxylic acids is 2. The van der Waals surface area contributed by atoms with Gasteiger partial charge in [0.25, 0.3) is 11.7 Å². The quantitative estimate of drug-likeness (QED) is 0.430. The van der Waals surface area contributed by atoms with E-state index >= 15 is 0 Å². The highest BCUT2D eigenvalue weighted by Crippen LogP contribution is 2.42. The van der Waals surface area contributed by atoms with E-state index in [1.54, 1.807) is 48.5 Å². The topological polar surface area (TPSA) is 70.5 Å². The van der Waals surface area contributed by atoms with Crippen LogP contribution in [0.2, 0.25) is 0 Å². The number of Topliss-reactive ketones (excluding diaryl/α,β-unsaturated/α-hetero) is 1. The van der Waals surface area contributed by atoms with Crippen LogP contribution < -0.4 is 4.90 Å². The molecule has 1 N–H and O–H groups in total. The number of aliphatic hydroxyl groups is 1. The predicted molar refractivity (Wildman–Crippen MR) is 102 cm³/mol. The Hall–Kier alpha value is -3.80. The van der Waals surface area contributed by atoms with Gasteiger partial charge in [-0.3, -0.25) is 19.5 Å². The summed E-state index contributed by atoms with van der Waals surface area (Å²) in [6.45, 7) is 0. The summed E-state index contributed by atoms with van der Waals surface area (Å²) in [4.78, 5) is 30.8. The number of pyridine rings is 1. The first kappa shape index (κ1) is 17.6. The van der Waals surface area contributed by atoms with Gasteiger partial charge in [-0.2, -0.15) is 0 Å². The number of hydrogen-bond acceptors (Lipinski definition) is 4.